The fourth-order valence-electron chi connectivity index (χ4n) is 1.47. The summed E-state index contributed by atoms with van der Waals surface area (Å²) in [5.74, 6) is 11.3. The van der Waals surface area contributed by atoms with Crippen LogP contribution in [0, 0.1) is 11.8 Å². The quantitative estimate of drug-likeness (QED) is 0.380. The molecule has 2 unspecified atom stereocenters. The molecule has 4 nitrogen and oxygen atoms in total. The molecule has 1 heterocycles. The summed E-state index contributed by atoms with van der Waals surface area (Å²) in [6.45, 7) is 3.80. The molecule has 0 aromatic heterocycles. The van der Waals surface area contributed by atoms with E-state index in [1.54, 1.807) is 0 Å². The van der Waals surface area contributed by atoms with E-state index in [1.165, 1.54) is 0 Å². The van der Waals surface area contributed by atoms with Crippen LogP contribution in [0.1, 0.15) is 19.8 Å². The third-order valence-corrected chi connectivity index (χ3v) is 2.26. The standard InChI is InChI=1S/C10H18N2O2/c1-2-3-4-5-9(12-11)10-8-13-6-7-14-10/h9-10,12H,4-8,11H2,1H3. The number of nitrogens with two attached hydrogens (primary N) is 1. The van der Waals surface area contributed by atoms with Gasteiger partial charge in [0, 0.05) is 6.42 Å². The van der Waals surface area contributed by atoms with E-state index >= 15 is 0 Å². The van der Waals surface area contributed by atoms with Crippen molar-refractivity contribution in [2.75, 3.05) is 19.8 Å². The van der Waals surface area contributed by atoms with E-state index in [0.717, 1.165) is 12.8 Å². The summed E-state index contributed by atoms with van der Waals surface area (Å²) in [5.41, 5.74) is 2.76. The smallest absolute Gasteiger partial charge is 0.0975 e. The Bertz CT molecular complexity index is 204. The van der Waals surface area contributed by atoms with Crippen molar-refractivity contribution < 1.29 is 9.47 Å². The van der Waals surface area contributed by atoms with Gasteiger partial charge in [0.05, 0.1) is 32.0 Å². The molecule has 0 saturated carbocycles. The number of hydrazine groups is 1. The van der Waals surface area contributed by atoms with Crippen LogP contribution in [0.15, 0.2) is 0 Å². The maximum Gasteiger partial charge on any atom is 0.0975 e. The predicted octanol–water partition coefficient (Wildman–Crippen LogP) is 0.0372. The van der Waals surface area contributed by atoms with Gasteiger partial charge in [0.25, 0.3) is 0 Å². The van der Waals surface area contributed by atoms with Crippen LogP contribution >= 0.6 is 0 Å². The molecular formula is C10H18N2O2. The zero-order chi connectivity index (χ0) is 10.2. The summed E-state index contributed by atoms with van der Waals surface area (Å²) < 4.78 is 10.9. The Morgan fingerprint density at radius 2 is 2.43 bits per heavy atom. The van der Waals surface area contributed by atoms with Crippen LogP contribution in [0.5, 0.6) is 0 Å². The summed E-state index contributed by atoms with van der Waals surface area (Å²) in [6.07, 6.45) is 1.80. The van der Waals surface area contributed by atoms with Crippen LogP contribution in [0.4, 0.5) is 0 Å². The van der Waals surface area contributed by atoms with Gasteiger partial charge in [0.1, 0.15) is 0 Å². The van der Waals surface area contributed by atoms with Crippen molar-refractivity contribution in [1.29, 1.82) is 0 Å². The fraction of sp³-hybridized carbons (Fsp3) is 0.800. The normalized spacial score (nSPS) is 23.7. The van der Waals surface area contributed by atoms with Crippen molar-refractivity contribution in [2.45, 2.75) is 31.9 Å². The predicted molar refractivity (Wildman–Crippen MR) is 54.4 cm³/mol. The molecule has 1 saturated heterocycles. The lowest BCUT2D eigenvalue weighted by atomic mass is 10.1. The van der Waals surface area contributed by atoms with Gasteiger partial charge in [0.2, 0.25) is 0 Å². The molecule has 0 bridgehead atoms. The third-order valence-electron chi connectivity index (χ3n) is 2.26. The molecule has 0 radical (unpaired) electrons. The van der Waals surface area contributed by atoms with E-state index in [0.29, 0.717) is 19.8 Å². The van der Waals surface area contributed by atoms with Gasteiger partial charge in [-0.05, 0) is 13.3 Å². The molecule has 2 atom stereocenters. The van der Waals surface area contributed by atoms with E-state index in [-0.39, 0.29) is 12.1 Å². The summed E-state index contributed by atoms with van der Waals surface area (Å²) in [4.78, 5) is 0. The first-order chi connectivity index (χ1) is 6.88. The average Bonchev–Trinajstić information content (AvgIpc) is 2.26. The van der Waals surface area contributed by atoms with Gasteiger partial charge in [0.15, 0.2) is 0 Å². The molecular weight excluding hydrogens is 180 g/mol. The molecule has 4 heteroatoms. The average molecular weight is 198 g/mol. The van der Waals surface area contributed by atoms with Crippen LogP contribution in [0.2, 0.25) is 0 Å². The van der Waals surface area contributed by atoms with Gasteiger partial charge >= 0.3 is 0 Å². The van der Waals surface area contributed by atoms with E-state index in [4.69, 9.17) is 15.3 Å². The molecule has 1 aliphatic heterocycles. The van der Waals surface area contributed by atoms with E-state index in [9.17, 15) is 0 Å². The zero-order valence-electron chi connectivity index (χ0n) is 8.58. The first kappa shape index (κ1) is 11.5. The van der Waals surface area contributed by atoms with Crippen molar-refractivity contribution in [2.24, 2.45) is 5.84 Å². The number of hydrogen-bond donors (Lipinski definition) is 2. The molecule has 3 N–H and O–H groups in total. The lowest BCUT2D eigenvalue weighted by Crippen LogP contribution is -2.49. The lowest BCUT2D eigenvalue weighted by molar-refractivity contribution is -0.102. The van der Waals surface area contributed by atoms with Gasteiger partial charge in [-0.1, -0.05) is 0 Å². The molecule has 0 aromatic carbocycles. The first-order valence-corrected chi connectivity index (χ1v) is 4.93. The summed E-state index contributed by atoms with van der Waals surface area (Å²) >= 11 is 0. The monoisotopic (exact) mass is 198 g/mol. The highest BCUT2D eigenvalue weighted by Crippen LogP contribution is 2.09. The van der Waals surface area contributed by atoms with Crippen LogP contribution in [-0.4, -0.2) is 32.0 Å². The second-order valence-corrected chi connectivity index (χ2v) is 3.22. The second-order valence-electron chi connectivity index (χ2n) is 3.22. The first-order valence-electron chi connectivity index (χ1n) is 4.93. The van der Waals surface area contributed by atoms with Crippen molar-refractivity contribution in [3.63, 3.8) is 0 Å². The maximum absolute atomic E-state index is 5.55. The zero-order valence-corrected chi connectivity index (χ0v) is 8.58. The van der Waals surface area contributed by atoms with Gasteiger partial charge in [-0.3, -0.25) is 11.3 Å². The molecule has 0 aliphatic carbocycles. The van der Waals surface area contributed by atoms with Crippen molar-refractivity contribution >= 4 is 0 Å². The summed E-state index contributed by atoms with van der Waals surface area (Å²) in [7, 11) is 0. The highest BCUT2D eigenvalue weighted by Gasteiger charge is 2.23. The van der Waals surface area contributed by atoms with Crippen molar-refractivity contribution in [3.8, 4) is 11.8 Å². The Morgan fingerprint density at radius 1 is 1.57 bits per heavy atom. The molecule has 80 valence electrons. The highest BCUT2D eigenvalue weighted by atomic mass is 16.6. The topological polar surface area (TPSA) is 56.5 Å². The minimum atomic E-state index is 0.0624. The Balaban J connectivity index is 2.30. The summed E-state index contributed by atoms with van der Waals surface area (Å²) in [6, 6.07) is 0.135. The number of rotatable bonds is 4. The molecule has 0 aromatic rings. The van der Waals surface area contributed by atoms with E-state index in [1.807, 2.05) is 6.92 Å². The minimum Gasteiger partial charge on any atom is -0.376 e. The van der Waals surface area contributed by atoms with Gasteiger partial charge in [-0.25, -0.2) is 0 Å². The van der Waals surface area contributed by atoms with Crippen molar-refractivity contribution in [1.82, 2.24) is 5.43 Å². The van der Waals surface area contributed by atoms with Crippen LogP contribution in [-0.2, 0) is 9.47 Å². The molecule has 1 aliphatic rings. The maximum atomic E-state index is 5.55. The number of hydrogen-bond acceptors (Lipinski definition) is 4. The van der Waals surface area contributed by atoms with E-state index in [2.05, 4.69) is 17.3 Å². The largest absolute Gasteiger partial charge is 0.376 e. The minimum absolute atomic E-state index is 0.0624. The van der Waals surface area contributed by atoms with E-state index < -0.39 is 0 Å². The molecule has 0 amide bonds. The number of ether oxygens (including phenoxy) is 2. The SMILES string of the molecule is CC#CCCC(NN)C1COCCO1. The van der Waals surface area contributed by atoms with Crippen LogP contribution in [0.3, 0.4) is 0 Å². The fourth-order valence-corrected chi connectivity index (χ4v) is 1.47. The number of nitrogens with one attached hydrogen (secondary N) is 1. The van der Waals surface area contributed by atoms with Gasteiger partial charge in [-0.15, -0.1) is 11.8 Å². The van der Waals surface area contributed by atoms with Crippen molar-refractivity contribution in [3.05, 3.63) is 0 Å². The Kier molecular flexibility index (Phi) is 5.57. The van der Waals surface area contributed by atoms with Crippen LogP contribution < -0.4 is 11.3 Å². The molecule has 14 heavy (non-hydrogen) atoms. The molecule has 1 fully saturated rings. The Labute approximate surface area is 85.1 Å². The van der Waals surface area contributed by atoms with Crippen LogP contribution in [0.25, 0.3) is 0 Å². The third kappa shape index (κ3) is 3.64. The lowest BCUT2D eigenvalue weighted by Gasteiger charge is -2.29. The Morgan fingerprint density at radius 3 is 3.00 bits per heavy atom. The molecule has 0 spiro atoms. The van der Waals surface area contributed by atoms with Gasteiger partial charge < -0.3 is 9.47 Å². The second kappa shape index (κ2) is 6.80. The molecule has 1 rings (SSSR count). The van der Waals surface area contributed by atoms with Gasteiger partial charge in [-0.2, -0.15) is 0 Å². The Hall–Kier alpha value is -0.600. The summed E-state index contributed by atoms with van der Waals surface area (Å²) in [5, 5.41) is 0. The highest BCUT2D eigenvalue weighted by molar-refractivity contribution is 4.96.